The average Bonchev–Trinajstić information content (AvgIpc) is 3.20. The molecule has 1 fully saturated rings. The van der Waals surface area contributed by atoms with E-state index in [0.717, 1.165) is 30.0 Å². The number of hydrogen-bond donors (Lipinski definition) is 2. The lowest BCUT2D eigenvalue weighted by molar-refractivity contribution is -0.137. The molecule has 5 nitrogen and oxygen atoms in total. The number of nitrogens with zero attached hydrogens (tertiary/aromatic N) is 2. The molecule has 1 saturated carbocycles. The van der Waals surface area contributed by atoms with Crippen LogP contribution in [0.25, 0.3) is 5.69 Å². The highest BCUT2D eigenvalue weighted by atomic mass is 19.4. The van der Waals surface area contributed by atoms with Crippen molar-refractivity contribution in [1.82, 2.24) is 9.78 Å². The number of aromatic nitrogens is 2. The Balaban J connectivity index is 1.94. The monoisotopic (exact) mass is 366 g/mol. The first-order valence-electron chi connectivity index (χ1n) is 8.55. The highest BCUT2D eigenvalue weighted by Crippen LogP contribution is 2.35. The molecule has 2 aromatic rings. The van der Waals surface area contributed by atoms with Gasteiger partial charge in [-0.3, -0.25) is 4.79 Å². The number of aryl methyl sites for hydroxylation is 1. The minimum absolute atomic E-state index is 0.106. The van der Waals surface area contributed by atoms with Crippen molar-refractivity contribution in [2.45, 2.75) is 32.4 Å². The number of rotatable bonds is 4. The summed E-state index contributed by atoms with van der Waals surface area (Å²) in [7, 11) is 0. The molecule has 1 aliphatic carbocycles. The molecule has 0 aliphatic heterocycles. The molecule has 1 aliphatic rings. The maximum atomic E-state index is 13.3. The fraction of sp³-hybridized carbons (Fsp3) is 0.444. The van der Waals surface area contributed by atoms with Crippen molar-refractivity contribution in [1.29, 1.82) is 0 Å². The number of amides is 1. The second-order valence-electron chi connectivity index (χ2n) is 6.62. The molecule has 2 atom stereocenters. The molecular weight excluding hydrogens is 345 g/mol. The summed E-state index contributed by atoms with van der Waals surface area (Å²) in [5.41, 5.74) is 5.31. The van der Waals surface area contributed by atoms with Gasteiger partial charge >= 0.3 is 6.18 Å². The standard InChI is InChI=1S/C18H21F3N4O/c1-11-9-16(23-17(26)13-6-4-5-12(13)10-22)25(24-11)15-8-3-2-7-14(15)18(19,20)21/h2-3,7-9,12-13H,4-6,10,22H2,1H3,(H,23,26)/t12-,13-/m1/s1. The van der Waals surface area contributed by atoms with E-state index >= 15 is 0 Å². The third-order valence-corrected chi connectivity index (χ3v) is 4.82. The van der Waals surface area contributed by atoms with Crippen LogP contribution in [-0.4, -0.2) is 22.2 Å². The van der Waals surface area contributed by atoms with Gasteiger partial charge in [0.1, 0.15) is 5.82 Å². The second-order valence-corrected chi connectivity index (χ2v) is 6.62. The lowest BCUT2D eigenvalue weighted by Crippen LogP contribution is -2.30. The van der Waals surface area contributed by atoms with Gasteiger partial charge in [-0.15, -0.1) is 0 Å². The number of carbonyl (C=O) groups is 1. The summed E-state index contributed by atoms with van der Waals surface area (Å²) in [6, 6.07) is 6.74. The number of benzene rings is 1. The number of nitrogens with two attached hydrogens (primary N) is 1. The fourth-order valence-corrected chi connectivity index (χ4v) is 3.55. The molecule has 1 aromatic heterocycles. The first-order chi connectivity index (χ1) is 12.3. The van der Waals surface area contributed by atoms with Crippen molar-refractivity contribution in [3.63, 3.8) is 0 Å². The molecule has 26 heavy (non-hydrogen) atoms. The Bertz CT molecular complexity index is 800. The van der Waals surface area contributed by atoms with Gasteiger partial charge in [-0.05, 0) is 44.4 Å². The second kappa shape index (κ2) is 7.11. The van der Waals surface area contributed by atoms with Gasteiger partial charge in [0.15, 0.2) is 0 Å². The van der Waals surface area contributed by atoms with E-state index in [-0.39, 0.29) is 29.2 Å². The lowest BCUT2D eigenvalue weighted by Gasteiger charge is -2.19. The average molecular weight is 366 g/mol. The number of carbonyl (C=O) groups excluding carboxylic acids is 1. The Kier molecular flexibility index (Phi) is 5.04. The zero-order valence-corrected chi connectivity index (χ0v) is 14.4. The number of para-hydroxylation sites is 1. The van der Waals surface area contributed by atoms with E-state index in [9.17, 15) is 18.0 Å². The molecule has 3 N–H and O–H groups in total. The number of anilines is 1. The normalized spacial score (nSPS) is 20.3. The summed E-state index contributed by atoms with van der Waals surface area (Å²) >= 11 is 0. The maximum absolute atomic E-state index is 13.3. The van der Waals surface area contributed by atoms with E-state index in [1.165, 1.54) is 18.2 Å². The molecule has 0 bridgehead atoms. The van der Waals surface area contributed by atoms with Crippen LogP contribution < -0.4 is 11.1 Å². The highest BCUT2D eigenvalue weighted by Gasteiger charge is 2.35. The summed E-state index contributed by atoms with van der Waals surface area (Å²) in [5.74, 6) is -0.105. The van der Waals surface area contributed by atoms with E-state index in [1.54, 1.807) is 13.0 Å². The highest BCUT2D eigenvalue weighted by molar-refractivity contribution is 5.92. The van der Waals surface area contributed by atoms with Gasteiger partial charge in [0, 0.05) is 12.0 Å². The number of halogens is 3. The van der Waals surface area contributed by atoms with Crippen LogP contribution in [0.15, 0.2) is 30.3 Å². The Morgan fingerprint density at radius 1 is 1.35 bits per heavy atom. The molecular formula is C18H21F3N4O. The van der Waals surface area contributed by atoms with Crippen LogP contribution in [0.1, 0.15) is 30.5 Å². The number of nitrogens with one attached hydrogen (secondary N) is 1. The smallest absolute Gasteiger partial charge is 0.330 e. The summed E-state index contributed by atoms with van der Waals surface area (Å²) in [5, 5.41) is 6.90. The SMILES string of the molecule is Cc1cc(NC(=O)[C@@H]2CCC[C@@H]2CN)n(-c2ccccc2C(F)(F)F)n1. The zero-order valence-electron chi connectivity index (χ0n) is 14.4. The van der Waals surface area contributed by atoms with Gasteiger partial charge in [0.05, 0.1) is 16.9 Å². The van der Waals surface area contributed by atoms with Gasteiger partial charge in [0.2, 0.25) is 5.91 Å². The first-order valence-corrected chi connectivity index (χ1v) is 8.55. The minimum Gasteiger partial charge on any atom is -0.330 e. The Labute approximate surface area is 149 Å². The van der Waals surface area contributed by atoms with Crippen LogP contribution in [-0.2, 0) is 11.0 Å². The Hall–Kier alpha value is -2.35. The summed E-state index contributed by atoms with van der Waals surface area (Å²) in [6.07, 6.45) is -1.97. The van der Waals surface area contributed by atoms with Crippen molar-refractivity contribution in [2.75, 3.05) is 11.9 Å². The summed E-state index contributed by atoms with van der Waals surface area (Å²) < 4.78 is 41.1. The molecule has 8 heteroatoms. The first kappa shape index (κ1) is 18.4. The van der Waals surface area contributed by atoms with E-state index in [1.807, 2.05) is 0 Å². The molecule has 1 aromatic carbocycles. The van der Waals surface area contributed by atoms with Crippen molar-refractivity contribution >= 4 is 11.7 Å². The van der Waals surface area contributed by atoms with Gasteiger partial charge in [-0.1, -0.05) is 18.6 Å². The van der Waals surface area contributed by atoms with E-state index in [2.05, 4.69) is 10.4 Å². The molecule has 0 saturated heterocycles. The van der Waals surface area contributed by atoms with Crippen LogP contribution in [0, 0.1) is 18.8 Å². The molecule has 1 amide bonds. The maximum Gasteiger partial charge on any atom is 0.418 e. The topological polar surface area (TPSA) is 72.9 Å². The molecule has 0 radical (unpaired) electrons. The predicted octanol–water partition coefficient (Wildman–Crippen LogP) is 3.51. The Morgan fingerprint density at radius 2 is 2.08 bits per heavy atom. The van der Waals surface area contributed by atoms with Crippen LogP contribution in [0.5, 0.6) is 0 Å². The summed E-state index contributed by atoms with van der Waals surface area (Å²) in [4.78, 5) is 12.6. The third-order valence-electron chi connectivity index (χ3n) is 4.82. The lowest BCUT2D eigenvalue weighted by atomic mass is 9.95. The molecule has 0 spiro atoms. The molecule has 140 valence electrons. The van der Waals surface area contributed by atoms with Gasteiger partial charge in [-0.25, -0.2) is 4.68 Å². The predicted molar refractivity (Wildman–Crippen MR) is 91.8 cm³/mol. The van der Waals surface area contributed by atoms with E-state index in [4.69, 9.17) is 5.73 Å². The number of alkyl halides is 3. The summed E-state index contributed by atoms with van der Waals surface area (Å²) in [6.45, 7) is 2.09. The van der Waals surface area contributed by atoms with Gasteiger partial charge in [-0.2, -0.15) is 18.3 Å². The molecule has 0 unspecified atom stereocenters. The van der Waals surface area contributed by atoms with Crippen LogP contribution >= 0.6 is 0 Å². The van der Waals surface area contributed by atoms with Crippen molar-refractivity contribution in [3.8, 4) is 5.69 Å². The van der Waals surface area contributed by atoms with Crippen molar-refractivity contribution in [2.24, 2.45) is 17.6 Å². The van der Waals surface area contributed by atoms with Crippen LogP contribution in [0.3, 0.4) is 0 Å². The van der Waals surface area contributed by atoms with Gasteiger partial charge < -0.3 is 11.1 Å². The van der Waals surface area contributed by atoms with E-state index < -0.39 is 11.7 Å². The number of hydrogen-bond acceptors (Lipinski definition) is 3. The molecule has 1 heterocycles. The van der Waals surface area contributed by atoms with Crippen LogP contribution in [0.4, 0.5) is 19.0 Å². The Morgan fingerprint density at radius 3 is 2.77 bits per heavy atom. The largest absolute Gasteiger partial charge is 0.418 e. The van der Waals surface area contributed by atoms with Crippen molar-refractivity contribution in [3.05, 3.63) is 41.6 Å². The minimum atomic E-state index is -4.52. The fourth-order valence-electron chi connectivity index (χ4n) is 3.55. The molecule has 3 rings (SSSR count). The third kappa shape index (κ3) is 3.60. The van der Waals surface area contributed by atoms with E-state index in [0.29, 0.717) is 12.2 Å². The van der Waals surface area contributed by atoms with Crippen LogP contribution in [0.2, 0.25) is 0 Å². The quantitative estimate of drug-likeness (QED) is 0.870. The van der Waals surface area contributed by atoms with Gasteiger partial charge in [0.25, 0.3) is 0 Å². The zero-order chi connectivity index (χ0) is 18.9. The van der Waals surface area contributed by atoms with Crippen molar-refractivity contribution < 1.29 is 18.0 Å².